The predicted molar refractivity (Wildman–Crippen MR) is 155 cm³/mol. The number of hydrogen-bond acceptors (Lipinski definition) is 2. The van der Waals surface area contributed by atoms with Crippen molar-refractivity contribution in [2.75, 3.05) is 7.05 Å². The van der Waals surface area contributed by atoms with Crippen LogP contribution in [-0.2, 0) is 19.4 Å². The van der Waals surface area contributed by atoms with Gasteiger partial charge in [-0.3, -0.25) is 0 Å². The Kier molecular flexibility index (Phi) is 4.53. The molecule has 7 aromatic rings. The Morgan fingerprint density at radius 3 is 2.46 bits per heavy atom. The molecule has 0 radical (unpaired) electrons. The molecule has 1 N–H and O–H groups in total. The summed E-state index contributed by atoms with van der Waals surface area (Å²) in [4.78, 5) is 0. The molecule has 180 valence electrons. The first-order chi connectivity index (χ1) is 18.3. The van der Waals surface area contributed by atoms with Crippen molar-refractivity contribution in [1.29, 1.82) is 0 Å². The van der Waals surface area contributed by atoms with Crippen LogP contribution in [0.1, 0.15) is 29.5 Å². The second-order valence-electron chi connectivity index (χ2n) is 10.5. The van der Waals surface area contributed by atoms with Gasteiger partial charge in [-0.25, -0.2) is 0 Å². The molecule has 0 spiro atoms. The molecule has 1 aliphatic rings. The van der Waals surface area contributed by atoms with Crippen LogP contribution in [-0.4, -0.2) is 11.6 Å². The van der Waals surface area contributed by atoms with Crippen molar-refractivity contribution in [3.8, 4) is 5.69 Å². The van der Waals surface area contributed by atoms with Crippen LogP contribution >= 0.6 is 0 Å². The lowest BCUT2D eigenvalue weighted by Crippen LogP contribution is -2.04. The summed E-state index contributed by atoms with van der Waals surface area (Å²) in [6.45, 7) is 0.818. The van der Waals surface area contributed by atoms with Crippen molar-refractivity contribution in [2.45, 2.75) is 32.2 Å². The SMILES string of the molecule is CNCc1cccc2oc3cc(-n4c5cc6c(cc5c5c7ccccc7ccc54)CCCC6)ccc3c12. The second-order valence-corrected chi connectivity index (χ2v) is 10.5. The third-order valence-electron chi connectivity index (χ3n) is 8.31. The monoisotopic (exact) mass is 480 g/mol. The lowest BCUT2D eigenvalue weighted by molar-refractivity contribution is 0.668. The highest BCUT2D eigenvalue weighted by atomic mass is 16.3. The van der Waals surface area contributed by atoms with Gasteiger partial charge in [0.1, 0.15) is 11.2 Å². The molecule has 3 nitrogen and oxygen atoms in total. The highest BCUT2D eigenvalue weighted by molar-refractivity contribution is 6.21. The fourth-order valence-corrected chi connectivity index (χ4v) is 6.66. The maximum atomic E-state index is 6.42. The average Bonchev–Trinajstić information content (AvgIpc) is 3.47. The molecule has 0 fully saturated rings. The maximum Gasteiger partial charge on any atom is 0.137 e. The van der Waals surface area contributed by atoms with Crippen LogP contribution in [0.25, 0.3) is 60.2 Å². The van der Waals surface area contributed by atoms with Gasteiger partial charge in [0.2, 0.25) is 0 Å². The number of nitrogens with zero attached hydrogens (tertiary/aromatic N) is 1. The summed E-state index contributed by atoms with van der Waals surface area (Å²) in [5, 5.41) is 11.0. The molecule has 0 atom stereocenters. The lowest BCUT2D eigenvalue weighted by atomic mass is 9.90. The van der Waals surface area contributed by atoms with Crippen LogP contribution in [0.4, 0.5) is 0 Å². The molecule has 1 aliphatic carbocycles. The lowest BCUT2D eigenvalue weighted by Gasteiger charge is -2.16. The molecule has 8 rings (SSSR count). The molecule has 0 amide bonds. The Labute approximate surface area is 215 Å². The van der Waals surface area contributed by atoms with Crippen molar-refractivity contribution >= 4 is 54.5 Å². The van der Waals surface area contributed by atoms with Gasteiger partial charge in [0.25, 0.3) is 0 Å². The van der Waals surface area contributed by atoms with Gasteiger partial charge in [-0.15, -0.1) is 0 Å². The zero-order chi connectivity index (χ0) is 24.5. The Bertz CT molecular complexity index is 2010. The minimum absolute atomic E-state index is 0.818. The van der Waals surface area contributed by atoms with Crippen LogP contribution in [0, 0.1) is 0 Å². The van der Waals surface area contributed by atoms with Gasteiger partial charge in [0.05, 0.1) is 11.0 Å². The zero-order valence-electron chi connectivity index (χ0n) is 21.0. The normalized spacial score (nSPS) is 13.9. The number of hydrogen-bond donors (Lipinski definition) is 1. The Morgan fingerprint density at radius 1 is 0.703 bits per heavy atom. The summed E-state index contributed by atoms with van der Waals surface area (Å²) >= 11 is 0. The van der Waals surface area contributed by atoms with E-state index in [2.05, 4.69) is 94.8 Å². The summed E-state index contributed by atoms with van der Waals surface area (Å²) in [7, 11) is 1.99. The van der Waals surface area contributed by atoms with Crippen molar-refractivity contribution in [2.24, 2.45) is 0 Å². The third kappa shape index (κ3) is 3.04. The van der Waals surface area contributed by atoms with E-state index in [4.69, 9.17) is 4.42 Å². The van der Waals surface area contributed by atoms with Gasteiger partial charge in [-0.05, 0) is 96.6 Å². The molecule has 2 heterocycles. The van der Waals surface area contributed by atoms with Crippen LogP contribution in [0.2, 0.25) is 0 Å². The van der Waals surface area contributed by atoms with Crippen molar-refractivity contribution in [3.63, 3.8) is 0 Å². The Hall–Kier alpha value is -4.08. The van der Waals surface area contributed by atoms with E-state index in [1.165, 1.54) is 85.7 Å². The van der Waals surface area contributed by atoms with E-state index < -0.39 is 0 Å². The van der Waals surface area contributed by atoms with Gasteiger partial charge < -0.3 is 14.3 Å². The summed E-state index contributed by atoms with van der Waals surface area (Å²) in [5.41, 5.74) is 9.87. The van der Waals surface area contributed by atoms with Crippen LogP contribution in [0.5, 0.6) is 0 Å². The number of furan rings is 1. The highest BCUT2D eigenvalue weighted by Gasteiger charge is 2.20. The summed E-state index contributed by atoms with van der Waals surface area (Å²) in [6.07, 6.45) is 4.92. The van der Waals surface area contributed by atoms with E-state index in [0.717, 1.165) is 23.4 Å². The summed E-state index contributed by atoms with van der Waals surface area (Å²) < 4.78 is 8.87. The molecule has 0 unspecified atom stereocenters. The van der Waals surface area contributed by atoms with Gasteiger partial charge in [-0.2, -0.15) is 0 Å². The highest BCUT2D eigenvalue weighted by Crippen LogP contribution is 2.40. The number of fused-ring (bicyclic) bond motifs is 9. The molecular formula is C34H28N2O. The molecule has 0 bridgehead atoms. The van der Waals surface area contributed by atoms with Crippen molar-refractivity contribution in [1.82, 2.24) is 9.88 Å². The van der Waals surface area contributed by atoms with Crippen LogP contribution in [0.15, 0.2) is 89.3 Å². The first kappa shape index (κ1) is 21.0. The van der Waals surface area contributed by atoms with Crippen molar-refractivity contribution < 1.29 is 4.42 Å². The molecule has 3 heteroatoms. The fraction of sp³-hybridized carbons (Fsp3) is 0.176. The summed E-state index contributed by atoms with van der Waals surface area (Å²) in [6, 6.07) is 31.4. The summed E-state index contributed by atoms with van der Waals surface area (Å²) in [5.74, 6) is 0. The minimum Gasteiger partial charge on any atom is -0.456 e. The van der Waals surface area contributed by atoms with E-state index in [-0.39, 0.29) is 0 Å². The smallest absolute Gasteiger partial charge is 0.137 e. The molecule has 2 aromatic heterocycles. The Balaban J connectivity index is 1.46. The number of rotatable bonds is 3. The second kappa shape index (κ2) is 7.96. The van der Waals surface area contributed by atoms with Crippen LogP contribution < -0.4 is 5.32 Å². The van der Waals surface area contributed by atoms with Crippen molar-refractivity contribution in [3.05, 3.63) is 102 Å². The first-order valence-electron chi connectivity index (χ1n) is 13.4. The molecule has 0 saturated carbocycles. The maximum absolute atomic E-state index is 6.42. The van der Waals surface area contributed by atoms with E-state index in [0.29, 0.717) is 0 Å². The average molecular weight is 481 g/mol. The van der Waals surface area contributed by atoms with Gasteiger partial charge >= 0.3 is 0 Å². The number of nitrogens with one attached hydrogen (secondary N) is 1. The van der Waals surface area contributed by atoms with E-state index >= 15 is 0 Å². The van der Waals surface area contributed by atoms with E-state index in [1.54, 1.807) is 0 Å². The zero-order valence-corrected chi connectivity index (χ0v) is 21.0. The molecule has 0 saturated heterocycles. The molecule has 5 aromatic carbocycles. The van der Waals surface area contributed by atoms with Gasteiger partial charge in [-0.1, -0.05) is 42.5 Å². The Morgan fingerprint density at radius 2 is 1.57 bits per heavy atom. The molecule has 0 aliphatic heterocycles. The quantitative estimate of drug-likeness (QED) is 0.275. The third-order valence-corrected chi connectivity index (χ3v) is 8.31. The topological polar surface area (TPSA) is 30.1 Å². The minimum atomic E-state index is 0.818. The number of benzene rings is 5. The van der Waals surface area contributed by atoms with E-state index in [9.17, 15) is 0 Å². The number of aromatic nitrogens is 1. The number of aryl methyl sites for hydroxylation is 2. The molecule has 37 heavy (non-hydrogen) atoms. The molecular weight excluding hydrogens is 452 g/mol. The fourth-order valence-electron chi connectivity index (χ4n) is 6.66. The first-order valence-corrected chi connectivity index (χ1v) is 13.4. The van der Waals surface area contributed by atoms with Gasteiger partial charge in [0.15, 0.2) is 0 Å². The van der Waals surface area contributed by atoms with E-state index in [1.807, 2.05) is 7.05 Å². The largest absolute Gasteiger partial charge is 0.456 e. The standard InChI is InChI=1S/C34H28N2O/c1-35-20-24-10-6-12-31-33(24)27-15-14-25(19-32(27)37-31)36-29-16-13-21-7-4-5-11-26(21)34(29)28-17-22-8-2-3-9-23(22)18-30(28)36/h4-7,10-19,35H,2-3,8-9,20H2,1H3. The van der Waals surface area contributed by atoms with Gasteiger partial charge in [0, 0.05) is 39.8 Å². The van der Waals surface area contributed by atoms with Crippen LogP contribution in [0.3, 0.4) is 0 Å². The predicted octanol–water partition coefficient (Wildman–Crippen LogP) is 8.43.